The van der Waals surface area contributed by atoms with Gasteiger partial charge in [0.1, 0.15) is 0 Å². The number of hydrogen-bond acceptors (Lipinski definition) is 5. The number of aromatic nitrogens is 3. The van der Waals surface area contributed by atoms with E-state index in [1.165, 1.54) is 4.52 Å². The van der Waals surface area contributed by atoms with E-state index in [9.17, 15) is 8.42 Å². The molecule has 0 aromatic carbocycles. The molecule has 0 amide bonds. The maximum atomic E-state index is 11.1. The van der Waals surface area contributed by atoms with E-state index in [4.69, 9.17) is 5.14 Å². The van der Waals surface area contributed by atoms with Crippen molar-refractivity contribution in [3.05, 3.63) is 11.4 Å². The molecule has 0 radical (unpaired) electrons. The van der Waals surface area contributed by atoms with Gasteiger partial charge in [-0.2, -0.15) is 0 Å². The molecular weight excluding hydrogens is 316 g/mol. The molecule has 90 valence electrons. The van der Waals surface area contributed by atoms with E-state index in [0.29, 0.717) is 4.96 Å². The summed E-state index contributed by atoms with van der Waals surface area (Å²) in [5.41, 5.74) is 1.79. The molecule has 9 heteroatoms. The highest BCUT2D eigenvalue weighted by molar-refractivity contribution is 8.93. The number of sulfonamides is 1. The van der Waals surface area contributed by atoms with Gasteiger partial charge in [-0.15, -0.1) is 22.1 Å². The smallest absolute Gasteiger partial charge is 0.223 e. The van der Waals surface area contributed by atoms with Gasteiger partial charge in [-0.3, -0.25) is 0 Å². The van der Waals surface area contributed by atoms with Crippen LogP contribution in [-0.4, -0.2) is 23.0 Å². The lowest BCUT2D eigenvalue weighted by atomic mass is 10.3. The minimum Gasteiger partial charge on any atom is -0.223 e. The molecule has 2 rings (SSSR count). The molecule has 0 fully saturated rings. The summed E-state index contributed by atoms with van der Waals surface area (Å²) in [4.78, 5) is 4.83. The summed E-state index contributed by atoms with van der Waals surface area (Å²) in [6.45, 7) is 3.84. The number of nitrogens with two attached hydrogens (primary N) is 1. The second kappa shape index (κ2) is 4.40. The fraction of sp³-hybridized carbons (Fsp3) is 0.429. The first-order valence-corrected chi connectivity index (χ1v) is 6.67. The number of aryl methyl sites for hydroxylation is 2. The Labute approximate surface area is 107 Å². The van der Waals surface area contributed by atoms with Crippen LogP contribution in [0.4, 0.5) is 0 Å². The van der Waals surface area contributed by atoms with Crippen molar-refractivity contribution in [3.63, 3.8) is 0 Å². The molecular formula is C7H11BrN4O2S2. The van der Waals surface area contributed by atoms with Crippen LogP contribution >= 0.6 is 28.3 Å². The van der Waals surface area contributed by atoms with Crippen LogP contribution in [0.25, 0.3) is 4.96 Å². The third kappa shape index (κ3) is 2.12. The highest BCUT2D eigenvalue weighted by Gasteiger charge is 2.18. The Bertz CT molecular complexity index is 616. The van der Waals surface area contributed by atoms with Crippen LogP contribution in [0.1, 0.15) is 18.3 Å². The topological polar surface area (TPSA) is 90.3 Å². The molecule has 16 heavy (non-hydrogen) atoms. The fourth-order valence-corrected chi connectivity index (χ4v) is 2.91. The van der Waals surface area contributed by atoms with E-state index < -0.39 is 10.0 Å². The summed E-state index contributed by atoms with van der Waals surface area (Å²) in [7, 11) is -3.72. The van der Waals surface area contributed by atoms with Gasteiger partial charge < -0.3 is 0 Å². The Balaban J connectivity index is 0.00000128. The predicted molar refractivity (Wildman–Crippen MR) is 66.7 cm³/mol. The highest BCUT2D eigenvalue weighted by atomic mass is 79.9. The van der Waals surface area contributed by atoms with E-state index in [1.807, 2.05) is 13.8 Å². The van der Waals surface area contributed by atoms with Gasteiger partial charge in [0.05, 0.1) is 11.4 Å². The Morgan fingerprint density at radius 2 is 2.12 bits per heavy atom. The molecule has 0 saturated carbocycles. The van der Waals surface area contributed by atoms with Crippen molar-refractivity contribution < 1.29 is 8.42 Å². The molecule has 2 N–H and O–H groups in total. The van der Waals surface area contributed by atoms with Crippen molar-refractivity contribution in [2.75, 3.05) is 0 Å². The van der Waals surface area contributed by atoms with Crippen LogP contribution in [0.3, 0.4) is 0 Å². The Morgan fingerprint density at radius 1 is 1.50 bits per heavy atom. The maximum absolute atomic E-state index is 11.1. The SMILES string of the molecule is Br.CCc1nc2sc(S(N)(=O)=O)nn2c1C. The first kappa shape index (κ1) is 13.6. The number of rotatable bonds is 2. The summed E-state index contributed by atoms with van der Waals surface area (Å²) in [5, 5.41) is 8.89. The van der Waals surface area contributed by atoms with E-state index in [0.717, 1.165) is 29.1 Å². The van der Waals surface area contributed by atoms with Crippen molar-refractivity contribution in [3.8, 4) is 0 Å². The summed E-state index contributed by atoms with van der Waals surface area (Å²) >= 11 is 0.982. The van der Waals surface area contributed by atoms with Gasteiger partial charge in [0.2, 0.25) is 9.30 Å². The molecule has 2 aromatic heterocycles. The van der Waals surface area contributed by atoms with Crippen LogP contribution in [0.2, 0.25) is 0 Å². The third-order valence-electron chi connectivity index (χ3n) is 2.09. The van der Waals surface area contributed by atoms with Crippen LogP contribution in [0.5, 0.6) is 0 Å². The number of halogens is 1. The highest BCUT2D eigenvalue weighted by Crippen LogP contribution is 2.20. The zero-order valence-electron chi connectivity index (χ0n) is 8.67. The molecule has 0 bridgehead atoms. The summed E-state index contributed by atoms with van der Waals surface area (Å²) in [6.07, 6.45) is 0.798. The van der Waals surface area contributed by atoms with Gasteiger partial charge in [0, 0.05) is 0 Å². The van der Waals surface area contributed by atoms with Crippen LogP contribution < -0.4 is 5.14 Å². The molecule has 2 aromatic rings. The zero-order valence-corrected chi connectivity index (χ0v) is 12.0. The summed E-state index contributed by atoms with van der Waals surface area (Å²) < 4.78 is 23.5. The fourth-order valence-electron chi connectivity index (χ4n) is 1.32. The van der Waals surface area contributed by atoms with E-state index in [2.05, 4.69) is 10.1 Å². The van der Waals surface area contributed by atoms with Gasteiger partial charge in [-0.25, -0.2) is 23.1 Å². The van der Waals surface area contributed by atoms with Crippen LogP contribution in [0, 0.1) is 6.92 Å². The van der Waals surface area contributed by atoms with Crippen LogP contribution in [-0.2, 0) is 16.4 Å². The van der Waals surface area contributed by atoms with E-state index in [-0.39, 0.29) is 21.3 Å². The quantitative estimate of drug-likeness (QED) is 0.887. The minimum absolute atomic E-state index is 0. The van der Waals surface area contributed by atoms with Crippen molar-refractivity contribution in [2.45, 2.75) is 24.6 Å². The predicted octanol–water partition coefficient (Wildman–Crippen LogP) is 0.887. The third-order valence-corrected chi connectivity index (χ3v) is 4.30. The number of primary sulfonamides is 1. The molecule has 6 nitrogen and oxygen atoms in total. The molecule has 2 heterocycles. The van der Waals surface area contributed by atoms with Crippen LogP contribution in [0.15, 0.2) is 4.34 Å². The van der Waals surface area contributed by atoms with E-state index >= 15 is 0 Å². The molecule has 0 aliphatic rings. The molecule has 0 spiro atoms. The number of fused-ring (bicyclic) bond motifs is 1. The first-order chi connectivity index (χ1) is 6.93. The first-order valence-electron chi connectivity index (χ1n) is 4.31. The molecule has 0 aliphatic heterocycles. The van der Waals surface area contributed by atoms with Crippen molar-refractivity contribution in [1.29, 1.82) is 0 Å². The number of hydrogen-bond donors (Lipinski definition) is 1. The molecule has 0 aliphatic carbocycles. The van der Waals surface area contributed by atoms with Gasteiger partial charge in [-0.05, 0) is 13.3 Å². The summed E-state index contributed by atoms with van der Waals surface area (Å²) in [5.74, 6) is 0. The monoisotopic (exact) mass is 326 g/mol. The average Bonchev–Trinajstić information content (AvgIpc) is 2.65. The summed E-state index contributed by atoms with van der Waals surface area (Å²) in [6, 6.07) is 0. The van der Waals surface area contributed by atoms with Gasteiger partial charge in [-0.1, -0.05) is 18.3 Å². The van der Waals surface area contributed by atoms with E-state index in [1.54, 1.807) is 0 Å². The van der Waals surface area contributed by atoms with Crippen molar-refractivity contribution >= 4 is 43.3 Å². The average molecular weight is 327 g/mol. The Morgan fingerprint density at radius 3 is 2.56 bits per heavy atom. The molecule has 0 unspecified atom stereocenters. The van der Waals surface area contributed by atoms with Gasteiger partial charge in [0.25, 0.3) is 10.0 Å². The Kier molecular flexibility index (Phi) is 3.72. The largest absolute Gasteiger partial charge is 0.267 e. The Hall–Kier alpha value is -0.510. The second-order valence-corrected chi connectivity index (χ2v) is 5.80. The lowest BCUT2D eigenvalue weighted by molar-refractivity contribution is 0.594. The van der Waals surface area contributed by atoms with Gasteiger partial charge >= 0.3 is 0 Å². The second-order valence-electron chi connectivity index (χ2n) is 3.10. The zero-order chi connectivity index (χ0) is 11.2. The lowest BCUT2D eigenvalue weighted by Crippen LogP contribution is -2.12. The minimum atomic E-state index is -3.72. The molecule has 0 atom stereocenters. The molecule has 0 saturated heterocycles. The van der Waals surface area contributed by atoms with Crippen molar-refractivity contribution in [1.82, 2.24) is 14.6 Å². The maximum Gasteiger partial charge on any atom is 0.267 e. The lowest BCUT2D eigenvalue weighted by Gasteiger charge is -1.91. The number of nitrogens with zero attached hydrogens (tertiary/aromatic N) is 3. The normalized spacial score (nSPS) is 11.7. The number of imidazole rings is 1. The van der Waals surface area contributed by atoms with Crippen molar-refractivity contribution in [2.24, 2.45) is 5.14 Å². The standard InChI is InChI=1S/C7H10N4O2S2.BrH/c1-3-5-4(2)11-6(9-5)14-7(10-11)15(8,12)13;/h3H2,1-2H3,(H2,8,12,13);1H. The van der Waals surface area contributed by atoms with Gasteiger partial charge in [0.15, 0.2) is 0 Å².